The first-order chi connectivity index (χ1) is 4.63. The predicted molar refractivity (Wildman–Crippen MR) is 45.5 cm³/mol. The summed E-state index contributed by atoms with van der Waals surface area (Å²) in [6.07, 6.45) is 5.39. The minimum atomic E-state index is -1.15. The zero-order chi connectivity index (χ0) is 8.20. The number of rotatable bonds is 3. The summed E-state index contributed by atoms with van der Waals surface area (Å²) in [4.78, 5) is 10.5. The molecule has 0 heterocycles. The third-order valence-electron chi connectivity index (χ3n) is 1.64. The Labute approximate surface area is 72.4 Å². The Morgan fingerprint density at radius 2 is 2.27 bits per heavy atom. The molecule has 0 saturated carbocycles. The first-order valence-electron chi connectivity index (χ1n) is 3.04. The molecule has 0 saturated heterocycles. The summed E-state index contributed by atoms with van der Waals surface area (Å²) < 4.78 is 0. The zero-order valence-electron chi connectivity index (χ0n) is 6.33. The van der Waals surface area contributed by atoms with Crippen LogP contribution in [-0.4, -0.2) is 17.6 Å². The van der Waals surface area contributed by atoms with Crippen molar-refractivity contribution in [3.8, 4) is 12.3 Å². The van der Waals surface area contributed by atoms with Crippen LogP contribution in [0.2, 0.25) is 0 Å². The van der Waals surface area contributed by atoms with Gasteiger partial charge in [0.1, 0.15) is 5.41 Å². The van der Waals surface area contributed by atoms with Gasteiger partial charge in [-0.2, -0.15) is 0 Å². The summed E-state index contributed by atoms with van der Waals surface area (Å²) in [6.45, 7) is 1.70. The molecule has 3 N–H and O–H groups in total. The molecule has 0 fully saturated rings. The van der Waals surface area contributed by atoms with Gasteiger partial charge in [-0.25, -0.2) is 0 Å². The summed E-state index contributed by atoms with van der Waals surface area (Å²) in [5, 5.41) is 8.60. The first-order valence-corrected chi connectivity index (χ1v) is 3.04. The molecule has 4 heteroatoms. The van der Waals surface area contributed by atoms with Gasteiger partial charge >= 0.3 is 5.97 Å². The van der Waals surface area contributed by atoms with Crippen LogP contribution in [0.5, 0.6) is 0 Å². The Morgan fingerprint density at radius 3 is 2.27 bits per heavy atom. The van der Waals surface area contributed by atoms with Crippen molar-refractivity contribution in [2.45, 2.75) is 13.3 Å². The molecular weight excluding hydrogens is 166 g/mol. The molecule has 1 atom stereocenters. The Bertz CT molecular complexity index is 170. The molecule has 3 nitrogen and oxygen atoms in total. The van der Waals surface area contributed by atoms with E-state index >= 15 is 0 Å². The Morgan fingerprint density at radius 1 is 1.82 bits per heavy atom. The fourth-order valence-electron chi connectivity index (χ4n) is 0.606. The Hall–Kier alpha value is -0.720. The molecular formula is C7H12ClNO2. The highest BCUT2D eigenvalue weighted by atomic mass is 35.5. The second kappa shape index (κ2) is 5.00. The maximum absolute atomic E-state index is 10.5. The smallest absolute Gasteiger partial charge is 0.323 e. The lowest BCUT2D eigenvalue weighted by atomic mass is 9.87. The van der Waals surface area contributed by atoms with Gasteiger partial charge in [0.05, 0.1) is 0 Å². The van der Waals surface area contributed by atoms with E-state index in [2.05, 4.69) is 5.92 Å². The fraction of sp³-hybridized carbons (Fsp3) is 0.571. The van der Waals surface area contributed by atoms with Gasteiger partial charge in [0.15, 0.2) is 0 Å². The van der Waals surface area contributed by atoms with E-state index in [1.54, 1.807) is 6.92 Å². The van der Waals surface area contributed by atoms with Crippen LogP contribution in [0.4, 0.5) is 0 Å². The summed E-state index contributed by atoms with van der Waals surface area (Å²) in [5.74, 6) is 1.18. The van der Waals surface area contributed by atoms with Crippen molar-refractivity contribution >= 4 is 18.4 Å². The largest absolute Gasteiger partial charge is 0.480 e. The molecule has 0 aromatic heterocycles. The van der Waals surface area contributed by atoms with E-state index in [1.165, 1.54) is 0 Å². The van der Waals surface area contributed by atoms with Gasteiger partial charge in [-0.1, -0.05) is 12.8 Å². The molecule has 0 aliphatic carbocycles. The number of carboxylic acid groups (broad SMARTS) is 1. The van der Waals surface area contributed by atoms with Gasteiger partial charge in [-0.05, 0) is 6.42 Å². The Balaban J connectivity index is 0. The van der Waals surface area contributed by atoms with Crippen LogP contribution in [0.25, 0.3) is 0 Å². The molecule has 0 bridgehead atoms. The van der Waals surface area contributed by atoms with Crippen molar-refractivity contribution in [3.05, 3.63) is 0 Å². The average Bonchev–Trinajstić information content (AvgIpc) is 1.92. The van der Waals surface area contributed by atoms with Gasteiger partial charge < -0.3 is 10.8 Å². The van der Waals surface area contributed by atoms with Crippen LogP contribution in [0.3, 0.4) is 0 Å². The number of nitrogens with two attached hydrogens (primary N) is 1. The molecule has 11 heavy (non-hydrogen) atoms. The molecule has 0 aliphatic heterocycles. The monoisotopic (exact) mass is 177 g/mol. The number of carbonyl (C=O) groups is 1. The van der Waals surface area contributed by atoms with Crippen molar-refractivity contribution in [2.24, 2.45) is 11.1 Å². The second-order valence-electron chi connectivity index (χ2n) is 2.09. The zero-order valence-corrected chi connectivity index (χ0v) is 7.15. The molecule has 0 aliphatic rings. The van der Waals surface area contributed by atoms with Crippen LogP contribution in [-0.2, 0) is 4.79 Å². The third-order valence-corrected chi connectivity index (χ3v) is 1.64. The van der Waals surface area contributed by atoms with Crippen molar-refractivity contribution in [3.63, 3.8) is 0 Å². The molecule has 0 aromatic rings. The highest BCUT2D eigenvalue weighted by molar-refractivity contribution is 5.85. The molecule has 0 aromatic carbocycles. The molecule has 0 amide bonds. The van der Waals surface area contributed by atoms with Crippen molar-refractivity contribution in [2.75, 3.05) is 6.54 Å². The number of halogens is 1. The fourth-order valence-corrected chi connectivity index (χ4v) is 0.606. The minimum Gasteiger partial charge on any atom is -0.480 e. The van der Waals surface area contributed by atoms with E-state index in [4.69, 9.17) is 17.3 Å². The maximum atomic E-state index is 10.5. The number of hydrogen-bond donors (Lipinski definition) is 2. The lowest BCUT2D eigenvalue weighted by Gasteiger charge is -2.18. The number of carboxylic acids is 1. The second-order valence-corrected chi connectivity index (χ2v) is 2.09. The summed E-state index contributed by atoms with van der Waals surface area (Å²) in [5.41, 5.74) is 4.05. The van der Waals surface area contributed by atoms with E-state index in [1.807, 2.05) is 0 Å². The summed E-state index contributed by atoms with van der Waals surface area (Å²) >= 11 is 0. The van der Waals surface area contributed by atoms with Crippen molar-refractivity contribution in [1.82, 2.24) is 0 Å². The minimum absolute atomic E-state index is 0. The number of aliphatic carboxylic acids is 1. The van der Waals surface area contributed by atoms with Crippen molar-refractivity contribution in [1.29, 1.82) is 0 Å². The first kappa shape index (κ1) is 12.9. The van der Waals surface area contributed by atoms with E-state index < -0.39 is 11.4 Å². The van der Waals surface area contributed by atoms with Crippen LogP contribution in [0, 0.1) is 17.8 Å². The lowest BCUT2D eigenvalue weighted by Crippen LogP contribution is -2.36. The van der Waals surface area contributed by atoms with Gasteiger partial charge in [-0.3, -0.25) is 4.79 Å². The predicted octanol–water partition coefficient (Wildman–Crippen LogP) is 0.481. The number of hydrogen-bond acceptors (Lipinski definition) is 2. The molecule has 0 rings (SSSR count). The molecule has 1 unspecified atom stereocenters. The van der Waals surface area contributed by atoms with Gasteiger partial charge in [0.25, 0.3) is 0 Å². The van der Waals surface area contributed by atoms with Gasteiger partial charge in [-0.15, -0.1) is 18.8 Å². The molecule has 0 radical (unpaired) electrons. The SMILES string of the molecule is C#CC(CC)(CN)C(=O)O.Cl. The highest BCUT2D eigenvalue weighted by Gasteiger charge is 2.32. The van der Waals surface area contributed by atoms with Gasteiger partial charge in [0, 0.05) is 6.54 Å². The lowest BCUT2D eigenvalue weighted by molar-refractivity contribution is -0.145. The Kier molecular flexibility index (Phi) is 5.87. The van der Waals surface area contributed by atoms with E-state index in [0.717, 1.165) is 0 Å². The average molecular weight is 178 g/mol. The highest BCUT2D eigenvalue weighted by Crippen LogP contribution is 2.18. The maximum Gasteiger partial charge on any atom is 0.323 e. The van der Waals surface area contributed by atoms with Crippen LogP contribution in [0.1, 0.15) is 13.3 Å². The van der Waals surface area contributed by atoms with E-state index in [9.17, 15) is 4.79 Å². The van der Waals surface area contributed by atoms with Crippen LogP contribution in [0.15, 0.2) is 0 Å². The standard InChI is InChI=1S/C7H11NO2.ClH/c1-3-7(4-2,5-8)6(9)10;/h1H,4-5,8H2,2H3,(H,9,10);1H. The van der Waals surface area contributed by atoms with Crippen LogP contribution >= 0.6 is 12.4 Å². The summed E-state index contributed by atoms with van der Waals surface area (Å²) in [7, 11) is 0. The summed E-state index contributed by atoms with van der Waals surface area (Å²) in [6, 6.07) is 0. The van der Waals surface area contributed by atoms with E-state index in [0.29, 0.717) is 6.42 Å². The van der Waals surface area contributed by atoms with E-state index in [-0.39, 0.29) is 19.0 Å². The quantitative estimate of drug-likeness (QED) is 0.617. The molecule has 0 spiro atoms. The van der Waals surface area contributed by atoms with Crippen molar-refractivity contribution < 1.29 is 9.90 Å². The normalized spacial score (nSPS) is 13.9. The topological polar surface area (TPSA) is 63.3 Å². The third kappa shape index (κ3) is 2.41. The molecule has 64 valence electrons. The van der Waals surface area contributed by atoms with Gasteiger partial charge in [0.2, 0.25) is 0 Å². The van der Waals surface area contributed by atoms with Crippen LogP contribution < -0.4 is 5.73 Å². The number of terminal acetylenes is 1.